The van der Waals surface area contributed by atoms with Crippen LogP contribution < -0.4 is 0 Å². The molecule has 128 valence electrons. The highest BCUT2D eigenvalue weighted by Gasteiger charge is 2.29. The highest BCUT2D eigenvalue weighted by molar-refractivity contribution is 6.30. The summed E-state index contributed by atoms with van der Waals surface area (Å²) in [7, 11) is 1.89. The molecule has 3 aromatic rings. The average Bonchev–Trinajstić information content (AvgIpc) is 3.17. The molecule has 0 aliphatic carbocycles. The van der Waals surface area contributed by atoms with Crippen LogP contribution in [0.1, 0.15) is 27.4 Å². The van der Waals surface area contributed by atoms with Crippen LogP contribution in [0.4, 0.5) is 0 Å². The summed E-state index contributed by atoms with van der Waals surface area (Å²) in [6.07, 6.45) is 0.720. The predicted molar refractivity (Wildman–Crippen MR) is 91.1 cm³/mol. The van der Waals surface area contributed by atoms with Crippen LogP contribution >= 0.6 is 11.6 Å². The molecule has 0 radical (unpaired) electrons. The molecule has 1 aliphatic heterocycles. The number of nitrogens with zero attached hydrogens (tertiary/aromatic N) is 5. The van der Waals surface area contributed by atoms with Gasteiger partial charge >= 0.3 is 0 Å². The van der Waals surface area contributed by atoms with Gasteiger partial charge in [0, 0.05) is 41.9 Å². The number of rotatable bonds is 2. The topological polar surface area (TPSA) is 77.0 Å². The molecule has 0 saturated heterocycles. The molecule has 1 amide bonds. The molecule has 8 heteroatoms. The minimum atomic E-state index is -0.0512. The standard InChI is InChI=1S/C17H16ClN5O2/c1-10-19-16(25-21-10)15-13-9-23(7-6-14(13)22(2)20-15)17(24)11-4-3-5-12(18)8-11/h3-5,8H,6-7,9H2,1-2H3. The van der Waals surface area contributed by atoms with Crippen molar-refractivity contribution in [1.29, 1.82) is 0 Å². The van der Waals surface area contributed by atoms with Crippen molar-refractivity contribution in [3.63, 3.8) is 0 Å². The van der Waals surface area contributed by atoms with Gasteiger partial charge in [-0.05, 0) is 25.1 Å². The lowest BCUT2D eigenvalue weighted by Crippen LogP contribution is -2.36. The number of benzene rings is 1. The average molecular weight is 358 g/mol. The second kappa shape index (κ2) is 6.00. The number of fused-ring (bicyclic) bond motifs is 1. The minimum Gasteiger partial charge on any atom is -0.334 e. The largest absolute Gasteiger partial charge is 0.334 e. The highest BCUT2D eigenvalue weighted by Crippen LogP contribution is 2.29. The molecule has 0 N–H and O–H groups in total. The quantitative estimate of drug-likeness (QED) is 0.704. The Bertz CT molecular complexity index is 962. The van der Waals surface area contributed by atoms with Crippen molar-refractivity contribution in [1.82, 2.24) is 24.8 Å². The fourth-order valence-electron chi connectivity index (χ4n) is 3.13. The lowest BCUT2D eigenvalue weighted by atomic mass is 10.0. The molecule has 3 heterocycles. The van der Waals surface area contributed by atoms with Crippen LogP contribution in [0.2, 0.25) is 5.02 Å². The van der Waals surface area contributed by atoms with Crippen LogP contribution in [0, 0.1) is 6.92 Å². The number of carbonyl (C=O) groups is 1. The first-order valence-corrected chi connectivity index (χ1v) is 8.31. The number of amides is 1. The summed E-state index contributed by atoms with van der Waals surface area (Å²) in [4.78, 5) is 18.9. The Morgan fingerprint density at radius 3 is 2.92 bits per heavy atom. The van der Waals surface area contributed by atoms with E-state index in [9.17, 15) is 4.79 Å². The smallest absolute Gasteiger partial charge is 0.278 e. The monoisotopic (exact) mass is 357 g/mol. The van der Waals surface area contributed by atoms with Crippen LogP contribution in [0.25, 0.3) is 11.6 Å². The fraction of sp³-hybridized carbons (Fsp3) is 0.294. The molecule has 2 aromatic heterocycles. The zero-order valence-corrected chi connectivity index (χ0v) is 14.6. The van der Waals surface area contributed by atoms with E-state index in [2.05, 4.69) is 15.2 Å². The van der Waals surface area contributed by atoms with Gasteiger partial charge in [0.2, 0.25) is 0 Å². The van der Waals surface area contributed by atoms with Gasteiger partial charge in [0.25, 0.3) is 11.8 Å². The molecule has 0 spiro atoms. The number of aryl methyl sites for hydroxylation is 2. The van der Waals surface area contributed by atoms with Crippen molar-refractivity contribution in [2.45, 2.75) is 19.9 Å². The molecule has 0 unspecified atom stereocenters. The molecule has 0 fully saturated rings. The SMILES string of the molecule is Cc1noc(-c2nn(C)c3c2CN(C(=O)c2cccc(Cl)c2)CC3)n1. The van der Waals surface area contributed by atoms with Gasteiger partial charge in [-0.1, -0.05) is 22.8 Å². The Labute approximate surface area is 149 Å². The van der Waals surface area contributed by atoms with E-state index in [1.54, 1.807) is 36.1 Å². The molecule has 0 saturated carbocycles. The van der Waals surface area contributed by atoms with E-state index in [-0.39, 0.29) is 5.91 Å². The number of hydrogen-bond acceptors (Lipinski definition) is 5. The second-order valence-corrected chi connectivity index (χ2v) is 6.47. The Morgan fingerprint density at radius 1 is 1.36 bits per heavy atom. The van der Waals surface area contributed by atoms with Gasteiger partial charge in [0.05, 0.1) is 6.54 Å². The van der Waals surface area contributed by atoms with Crippen LogP contribution in [-0.2, 0) is 20.0 Å². The summed E-state index contributed by atoms with van der Waals surface area (Å²) in [5.41, 5.74) is 3.26. The van der Waals surface area contributed by atoms with E-state index in [0.717, 1.165) is 17.7 Å². The normalized spacial score (nSPS) is 13.8. The van der Waals surface area contributed by atoms with Gasteiger partial charge in [-0.25, -0.2) is 0 Å². The van der Waals surface area contributed by atoms with Crippen LogP contribution in [0.3, 0.4) is 0 Å². The van der Waals surface area contributed by atoms with E-state index in [0.29, 0.717) is 41.1 Å². The van der Waals surface area contributed by atoms with E-state index in [4.69, 9.17) is 16.1 Å². The summed E-state index contributed by atoms with van der Waals surface area (Å²) in [6.45, 7) is 2.84. The summed E-state index contributed by atoms with van der Waals surface area (Å²) in [5, 5.41) is 8.90. The lowest BCUT2D eigenvalue weighted by Gasteiger charge is -2.27. The zero-order valence-electron chi connectivity index (χ0n) is 13.9. The molecule has 1 aliphatic rings. The lowest BCUT2D eigenvalue weighted by molar-refractivity contribution is 0.0733. The predicted octanol–water partition coefficient (Wildman–Crippen LogP) is 2.63. The fourth-order valence-corrected chi connectivity index (χ4v) is 3.33. The van der Waals surface area contributed by atoms with Gasteiger partial charge in [-0.3, -0.25) is 9.48 Å². The zero-order chi connectivity index (χ0) is 17.6. The third kappa shape index (κ3) is 2.80. The molecular formula is C17H16ClN5O2. The van der Waals surface area contributed by atoms with E-state index in [1.165, 1.54) is 0 Å². The summed E-state index contributed by atoms with van der Waals surface area (Å²) in [6, 6.07) is 6.99. The van der Waals surface area contributed by atoms with Crippen molar-refractivity contribution in [3.05, 3.63) is 51.9 Å². The maximum atomic E-state index is 12.8. The second-order valence-electron chi connectivity index (χ2n) is 6.03. The van der Waals surface area contributed by atoms with Gasteiger partial charge in [0.15, 0.2) is 11.5 Å². The van der Waals surface area contributed by atoms with Crippen molar-refractivity contribution in [3.8, 4) is 11.6 Å². The summed E-state index contributed by atoms with van der Waals surface area (Å²) >= 11 is 6.01. The third-order valence-electron chi connectivity index (χ3n) is 4.33. The van der Waals surface area contributed by atoms with Crippen LogP contribution in [0.5, 0.6) is 0 Å². The van der Waals surface area contributed by atoms with Gasteiger partial charge in [0.1, 0.15) is 0 Å². The van der Waals surface area contributed by atoms with Crippen molar-refractivity contribution in [2.24, 2.45) is 7.05 Å². The van der Waals surface area contributed by atoms with Crippen molar-refractivity contribution < 1.29 is 9.32 Å². The van der Waals surface area contributed by atoms with Crippen molar-refractivity contribution in [2.75, 3.05) is 6.54 Å². The maximum Gasteiger partial charge on any atom is 0.278 e. The summed E-state index contributed by atoms with van der Waals surface area (Å²) < 4.78 is 7.09. The molecular weight excluding hydrogens is 342 g/mol. The highest BCUT2D eigenvalue weighted by atomic mass is 35.5. The molecule has 7 nitrogen and oxygen atoms in total. The Morgan fingerprint density at radius 2 is 2.20 bits per heavy atom. The van der Waals surface area contributed by atoms with E-state index in [1.807, 2.05) is 11.7 Å². The van der Waals surface area contributed by atoms with E-state index < -0.39 is 0 Å². The molecule has 1 aromatic carbocycles. The molecule has 0 bridgehead atoms. The Hall–Kier alpha value is -2.67. The summed E-state index contributed by atoms with van der Waals surface area (Å²) in [5.74, 6) is 0.883. The van der Waals surface area contributed by atoms with Gasteiger partial charge in [-0.15, -0.1) is 0 Å². The number of aromatic nitrogens is 4. The maximum absolute atomic E-state index is 12.8. The van der Waals surface area contributed by atoms with Crippen molar-refractivity contribution >= 4 is 17.5 Å². The van der Waals surface area contributed by atoms with Gasteiger partial charge in [-0.2, -0.15) is 10.1 Å². The Balaban J connectivity index is 1.68. The first-order chi connectivity index (χ1) is 12.0. The van der Waals surface area contributed by atoms with Crippen LogP contribution in [-0.4, -0.2) is 37.3 Å². The molecule has 0 atom stereocenters. The first-order valence-electron chi connectivity index (χ1n) is 7.93. The first kappa shape index (κ1) is 15.8. The third-order valence-corrected chi connectivity index (χ3v) is 4.57. The number of carbonyl (C=O) groups excluding carboxylic acids is 1. The number of halogens is 1. The van der Waals surface area contributed by atoms with Gasteiger partial charge < -0.3 is 9.42 Å². The van der Waals surface area contributed by atoms with E-state index >= 15 is 0 Å². The number of hydrogen-bond donors (Lipinski definition) is 0. The minimum absolute atomic E-state index is 0.0512. The Kier molecular flexibility index (Phi) is 3.80. The molecule has 4 rings (SSSR count). The molecule has 25 heavy (non-hydrogen) atoms. The van der Waals surface area contributed by atoms with Crippen LogP contribution in [0.15, 0.2) is 28.8 Å².